The van der Waals surface area contributed by atoms with Gasteiger partial charge in [-0.25, -0.2) is 8.42 Å². The molecule has 3 atom stereocenters. The van der Waals surface area contributed by atoms with E-state index in [-0.39, 0.29) is 22.8 Å². The Balaban J connectivity index is 1.84. The van der Waals surface area contributed by atoms with E-state index < -0.39 is 33.1 Å². The highest BCUT2D eigenvalue weighted by Crippen LogP contribution is 2.38. The summed E-state index contributed by atoms with van der Waals surface area (Å²) in [6.07, 6.45) is 3.06. The first kappa shape index (κ1) is 19.5. The number of benzene rings is 1. The molecular weight excluding hydrogens is 378 g/mol. The molecule has 1 saturated carbocycles. The van der Waals surface area contributed by atoms with Crippen molar-refractivity contribution in [2.24, 2.45) is 5.92 Å². The molecule has 0 aromatic heterocycles. The lowest BCUT2D eigenvalue weighted by atomic mass is 10.1. The third kappa shape index (κ3) is 3.70. The lowest BCUT2D eigenvalue weighted by Gasteiger charge is -2.29. The number of piperidine rings is 1. The maximum atomic E-state index is 13.0. The molecule has 0 spiro atoms. The van der Waals surface area contributed by atoms with Crippen LogP contribution in [0.2, 0.25) is 5.02 Å². The number of ether oxygens (including phenoxy) is 1. The van der Waals surface area contributed by atoms with Crippen molar-refractivity contribution < 1.29 is 23.1 Å². The molecule has 2 aliphatic rings. The second kappa shape index (κ2) is 7.74. The normalized spacial score (nSPS) is 26.8. The Kier molecular flexibility index (Phi) is 5.79. The summed E-state index contributed by atoms with van der Waals surface area (Å²) in [6.45, 7) is 1.89. The van der Waals surface area contributed by atoms with Gasteiger partial charge in [-0.2, -0.15) is 0 Å². The molecule has 0 amide bonds. The number of sulfone groups is 1. The van der Waals surface area contributed by atoms with E-state index in [0.29, 0.717) is 0 Å². The van der Waals surface area contributed by atoms with Crippen molar-refractivity contribution in [1.82, 2.24) is 0 Å². The average Bonchev–Trinajstić information content (AvgIpc) is 3.08. The third-order valence-corrected chi connectivity index (χ3v) is 8.12. The first-order valence-electron chi connectivity index (χ1n) is 8.88. The summed E-state index contributed by atoms with van der Waals surface area (Å²) in [5.74, 6) is -1.84. The van der Waals surface area contributed by atoms with Gasteiger partial charge in [-0.1, -0.05) is 11.6 Å². The van der Waals surface area contributed by atoms with Gasteiger partial charge in [-0.15, -0.1) is 0 Å². The van der Waals surface area contributed by atoms with Gasteiger partial charge in [0, 0.05) is 25.9 Å². The van der Waals surface area contributed by atoms with Crippen molar-refractivity contribution in [3.8, 4) is 0 Å². The number of carboxylic acids is 1. The fourth-order valence-electron chi connectivity index (χ4n) is 3.98. The van der Waals surface area contributed by atoms with Gasteiger partial charge in [0.15, 0.2) is 9.84 Å². The zero-order valence-electron chi connectivity index (χ0n) is 14.7. The van der Waals surface area contributed by atoms with Gasteiger partial charge < -0.3 is 14.7 Å². The number of aliphatic carboxylic acids is 1. The fraction of sp³-hybridized carbons (Fsp3) is 0.611. The summed E-state index contributed by atoms with van der Waals surface area (Å²) in [5.41, 5.74) is 0.929. The van der Waals surface area contributed by atoms with Crippen LogP contribution in [0.15, 0.2) is 23.1 Å². The van der Waals surface area contributed by atoms with E-state index >= 15 is 0 Å². The predicted molar refractivity (Wildman–Crippen MR) is 99.6 cm³/mol. The van der Waals surface area contributed by atoms with Crippen LogP contribution in [0.4, 0.5) is 5.69 Å². The van der Waals surface area contributed by atoms with E-state index in [1.165, 1.54) is 13.5 Å². The standard InChI is InChI=1S/C18H24ClNO5S/c1-25-16-11-13(10-14(16)18(21)22)26(23,24)17-6-5-12(9-15(17)19)20-7-3-2-4-8-20/h5-6,9,13-14,16H,2-4,7-8,10-11H2,1H3,(H,21,22)/t13-,14-,16-/m1/s1. The Labute approximate surface area is 159 Å². The summed E-state index contributed by atoms with van der Waals surface area (Å²) >= 11 is 6.33. The Morgan fingerprint density at radius 2 is 1.92 bits per heavy atom. The summed E-state index contributed by atoms with van der Waals surface area (Å²) in [5, 5.41) is 8.69. The van der Waals surface area contributed by atoms with Crippen LogP contribution in [0, 0.1) is 5.92 Å². The van der Waals surface area contributed by atoms with Gasteiger partial charge in [0.1, 0.15) is 0 Å². The van der Waals surface area contributed by atoms with E-state index in [9.17, 15) is 18.3 Å². The monoisotopic (exact) mass is 401 g/mol. The molecule has 1 aromatic rings. The van der Waals surface area contributed by atoms with Crippen molar-refractivity contribution in [3.63, 3.8) is 0 Å². The molecule has 1 saturated heterocycles. The molecule has 1 heterocycles. The summed E-state index contributed by atoms with van der Waals surface area (Å²) in [6, 6.07) is 5.05. The SMILES string of the molecule is CO[C@@H]1C[C@H](S(=O)(=O)c2ccc(N3CCCCC3)cc2Cl)C[C@H]1C(=O)O. The van der Waals surface area contributed by atoms with Crippen molar-refractivity contribution in [1.29, 1.82) is 0 Å². The van der Waals surface area contributed by atoms with Crippen LogP contribution in [0.5, 0.6) is 0 Å². The fourth-order valence-corrected chi connectivity index (χ4v) is 6.33. The van der Waals surface area contributed by atoms with Crippen LogP contribution in [0.25, 0.3) is 0 Å². The molecule has 1 N–H and O–H groups in total. The average molecular weight is 402 g/mol. The second-order valence-corrected chi connectivity index (χ2v) is 9.62. The Hall–Kier alpha value is -1.31. The number of nitrogens with zero attached hydrogens (tertiary/aromatic N) is 1. The third-order valence-electron chi connectivity index (χ3n) is 5.46. The molecule has 144 valence electrons. The highest BCUT2D eigenvalue weighted by atomic mass is 35.5. The van der Waals surface area contributed by atoms with Gasteiger partial charge in [0.05, 0.1) is 27.2 Å². The lowest BCUT2D eigenvalue weighted by Crippen LogP contribution is -2.29. The number of hydrogen-bond acceptors (Lipinski definition) is 5. The number of methoxy groups -OCH3 is 1. The first-order chi connectivity index (χ1) is 12.3. The van der Waals surface area contributed by atoms with Gasteiger partial charge in [0.2, 0.25) is 0 Å². The van der Waals surface area contributed by atoms with Crippen LogP contribution in [-0.4, -0.2) is 51.0 Å². The predicted octanol–water partition coefficient (Wildman–Crippen LogP) is 2.98. The maximum Gasteiger partial charge on any atom is 0.309 e. The van der Waals surface area contributed by atoms with E-state index in [2.05, 4.69) is 4.90 Å². The van der Waals surface area contributed by atoms with Crippen molar-refractivity contribution in [2.45, 2.75) is 48.4 Å². The molecule has 0 radical (unpaired) electrons. The van der Waals surface area contributed by atoms with Crippen LogP contribution in [0.3, 0.4) is 0 Å². The Morgan fingerprint density at radius 1 is 1.23 bits per heavy atom. The Morgan fingerprint density at radius 3 is 2.46 bits per heavy atom. The van der Waals surface area contributed by atoms with Crippen LogP contribution in [0.1, 0.15) is 32.1 Å². The molecule has 0 bridgehead atoms. The molecule has 26 heavy (non-hydrogen) atoms. The summed E-state index contributed by atoms with van der Waals surface area (Å²) < 4.78 is 31.2. The molecule has 2 fully saturated rings. The van der Waals surface area contributed by atoms with Crippen LogP contribution < -0.4 is 4.90 Å². The number of halogens is 1. The molecule has 0 unspecified atom stereocenters. The van der Waals surface area contributed by atoms with Gasteiger partial charge in [-0.3, -0.25) is 4.79 Å². The summed E-state index contributed by atoms with van der Waals surface area (Å²) in [4.78, 5) is 13.6. The molecular formula is C18H24ClNO5S. The number of hydrogen-bond donors (Lipinski definition) is 1. The molecule has 1 aliphatic heterocycles. The number of anilines is 1. The number of carboxylic acid groups (broad SMARTS) is 1. The minimum atomic E-state index is -3.72. The van der Waals surface area contributed by atoms with Crippen LogP contribution in [-0.2, 0) is 19.4 Å². The zero-order chi connectivity index (χ0) is 18.9. The van der Waals surface area contributed by atoms with Gasteiger partial charge in [0.25, 0.3) is 0 Å². The smallest absolute Gasteiger partial charge is 0.309 e. The number of carbonyl (C=O) groups is 1. The minimum Gasteiger partial charge on any atom is -0.481 e. The molecule has 1 aliphatic carbocycles. The number of rotatable bonds is 5. The van der Waals surface area contributed by atoms with Crippen molar-refractivity contribution >= 4 is 33.1 Å². The van der Waals surface area contributed by atoms with E-state index in [1.54, 1.807) is 18.2 Å². The van der Waals surface area contributed by atoms with Crippen LogP contribution >= 0.6 is 11.6 Å². The maximum absolute atomic E-state index is 13.0. The van der Waals surface area contributed by atoms with Gasteiger partial charge in [-0.05, 0) is 50.3 Å². The van der Waals surface area contributed by atoms with E-state index in [1.807, 2.05) is 0 Å². The highest BCUT2D eigenvalue weighted by molar-refractivity contribution is 7.92. The largest absolute Gasteiger partial charge is 0.481 e. The molecule has 8 heteroatoms. The molecule has 1 aromatic carbocycles. The first-order valence-corrected chi connectivity index (χ1v) is 10.8. The highest BCUT2D eigenvalue weighted by Gasteiger charge is 2.45. The van der Waals surface area contributed by atoms with E-state index in [4.69, 9.17) is 16.3 Å². The van der Waals surface area contributed by atoms with Crippen molar-refractivity contribution in [2.75, 3.05) is 25.1 Å². The summed E-state index contributed by atoms with van der Waals surface area (Å²) in [7, 11) is -2.31. The molecule has 3 rings (SSSR count). The van der Waals surface area contributed by atoms with E-state index in [0.717, 1.165) is 31.6 Å². The lowest BCUT2D eigenvalue weighted by molar-refractivity contribution is -0.145. The van der Waals surface area contributed by atoms with Crippen molar-refractivity contribution in [3.05, 3.63) is 23.2 Å². The topological polar surface area (TPSA) is 83.9 Å². The van der Waals surface area contributed by atoms with Gasteiger partial charge >= 0.3 is 5.97 Å². The quantitative estimate of drug-likeness (QED) is 0.816. The zero-order valence-corrected chi connectivity index (χ0v) is 16.3. The second-order valence-electron chi connectivity index (χ2n) is 7.02. The minimum absolute atomic E-state index is 0.0420. The Bertz CT molecular complexity index is 776. The molecule has 6 nitrogen and oxygen atoms in total.